The van der Waals surface area contributed by atoms with Crippen LogP contribution in [0.5, 0.6) is 5.75 Å². The van der Waals surface area contributed by atoms with Gasteiger partial charge in [0.25, 0.3) is 0 Å². The van der Waals surface area contributed by atoms with E-state index in [1.165, 1.54) is 6.08 Å². The van der Waals surface area contributed by atoms with Crippen LogP contribution in [0.25, 0.3) is 6.08 Å². The maximum atomic E-state index is 12.3. The monoisotopic (exact) mass is 426 g/mol. The van der Waals surface area contributed by atoms with E-state index >= 15 is 0 Å². The summed E-state index contributed by atoms with van der Waals surface area (Å²) in [7, 11) is 0. The van der Waals surface area contributed by atoms with Gasteiger partial charge in [-0.25, -0.2) is 4.79 Å². The number of esters is 1. The normalized spacial score (nSPS) is 13.6. The summed E-state index contributed by atoms with van der Waals surface area (Å²) < 4.78 is 11.4. The van der Waals surface area contributed by atoms with E-state index in [-0.39, 0.29) is 18.9 Å². The molecule has 1 aliphatic rings. The predicted molar refractivity (Wildman–Crippen MR) is 118 cm³/mol. The molecule has 0 aromatic heterocycles. The highest BCUT2D eigenvalue weighted by atomic mass is 35.5. The van der Waals surface area contributed by atoms with E-state index in [4.69, 9.17) is 21.1 Å². The van der Waals surface area contributed by atoms with Crippen LogP contribution in [0.3, 0.4) is 0 Å². The Labute approximate surface area is 180 Å². The molecular formula is C23H23ClN2O4. The quantitative estimate of drug-likeness (QED) is 0.262. The molecule has 0 fully saturated rings. The van der Waals surface area contributed by atoms with Crippen LogP contribution in [0.2, 0.25) is 5.02 Å². The highest BCUT2D eigenvalue weighted by molar-refractivity contribution is 6.30. The van der Waals surface area contributed by atoms with E-state index in [1.54, 1.807) is 30.4 Å². The van der Waals surface area contributed by atoms with Gasteiger partial charge in [-0.05, 0) is 35.9 Å². The average molecular weight is 427 g/mol. The molecule has 1 heterocycles. The first-order valence-electron chi connectivity index (χ1n) is 9.55. The van der Waals surface area contributed by atoms with E-state index in [0.717, 1.165) is 16.8 Å². The summed E-state index contributed by atoms with van der Waals surface area (Å²) in [6, 6.07) is 12.6. The first-order valence-corrected chi connectivity index (χ1v) is 9.93. The number of carbonyl (C=O) groups excluding carboxylic acids is 2. The molecule has 1 aliphatic heterocycles. The van der Waals surface area contributed by atoms with Crippen LogP contribution >= 0.6 is 11.6 Å². The van der Waals surface area contributed by atoms with Crippen LogP contribution in [-0.2, 0) is 20.7 Å². The van der Waals surface area contributed by atoms with Gasteiger partial charge in [-0.3, -0.25) is 4.79 Å². The number of fused-ring (bicyclic) bond motifs is 1. The Balaban J connectivity index is 1.60. The molecule has 0 radical (unpaired) electrons. The van der Waals surface area contributed by atoms with Gasteiger partial charge in [0.15, 0.2) is 0 Å². The van der Waals surface area contributed by atoms with E-state index in [2.05, 4.69) is 17.2 Å². The lowest BCUT2D eigenvalue weighted by molar-refractivity contribution is -0.144. The highest BCUT2D eigenvalue weighted by Crippen LogP contribution is 2.31. The highest BCUT2D eigenvalue weighted by Gasteiger charge is 2.22. The van der Waals surface area contributed by atoms with E-state index < -0.39 is 12.1 Å². The molecule has 1 amide bonds. The Morgan fingerprint density at radius 2 is 2.07 bits per heavy atom. The zero-order valence-corrected chi connectivity index (χ0v) is 17.2. The van der Waals surface area contributed by atoms with Crippen molar-refractivity contribution in [2.75, 3.05) is 25.0 Å². The van der Waals surface area contributed by atoms with Crippen molar-refractivity contribution in [2.45, 2.75) is 12.5 Å². The van der Waals surface area contributed by atoms with Crippen LogP contribution in [0.4, 0.5) is 5.69 Å². The lowest BCUT2D eigenvalue weighted by Crippen LogP contribution is -2.35. The summed E-state index contributed by atoms with van der Waals surface area (Å²) in [6.07, 6.45) is 4.51. The summed E-state index contributed by atoms with van der Waals surface area (Å²) in [5, 5.41) is 6.56. The van der Waals surface area contributed by atoms with Crippen LogP contribution in [-0.4, -0.2) is 37.7 Å². The molecule has 0 spiro atoms. The first-order chi connectivity index (χ1) is 14.5. The first kappa shape index (κ1) is 21.6. The van der Waals surface area contributed by atoms with E-state index in [9.17, 15) is 9.59 Å². The number of halogens is 1. The molecule has 6 nitrogen and oxygen atoms in total. The van der Waals surface area contributed by atoms with Crippen molar-refractivity contribution < 1.29 is 19.1 Å². The summed E-state index contributed by atoms with van der Waals surface area (Å²) in [5.41, 5.74) is 2.40. The second kappa shape index (κ2) is 10.6. The van der Waals surface area contributed by atoms with Crippen molar-refractivity contribution in [3.8, 4) is 5.75 Å². The van der Waals surface area contributed by atoms with Gasteiger partial charge in [-0.15, -0.1) is 6.58 Å². The number of anilines is 1. The molecule has 1 unspecified atom stereocenters. The molecule has 0 aliphatic carbocycles. The fraction of sp³-hybridized carbons (Fsp3) is 0.217. The molecule has 2 N–H and O–H groups in total. The molecule has 156 valence electrons. The van der Waals surface area contributed by atoms with Gasteiger partial charge in [-0.2, -0.15) is 0 Å². The lowest BCUT2D eigenvalue weighted by atomic mass is 10.1. The third-order valence-corrected chi connectivity index (χ3v) is 4.65. The average Bonchev–Trinajstić information content (AvgIpc) is 3.12. The van der Waals surface area contributed by atoms with Gasteiger partial charge in [0, 0.05) is 35.4 Å². The van der Waals surface area contributed by atoms with Crippen molar-refractivity contribution in [3.63, 3.8) is 0 Å². The molecular weight excluding hydrogens is 404 g/mol. The third kappa shape index (κ3) is 6.20. The number of hydrogen-bond acceptors (Lipinski definition) is 5. The minimum atomic E-state index is -0.520. The van der Waals surface area contributed by atoms with Crippen molar-refractivity contribution in [1.29, 1.82) is 0 Å². The predicted octanol–water partition coefficient (Wildman–Crippen LogP) is 3.61. The van der Waals surface area contributed by atoms with Gasteiger partial charge < -0.3 is 20.1 Å². The van der Waals surface area contributed by atoms with Crippen molar-refractivity contribution in [3.05, 3.63) is 77.3 Å². The van der Waals surface area contributed by atoms with Crippen molar-refractivity contribution >= 4 is 35.2 Å². The number of amides is 1. The number of ether oxygens (including phenoxy) is 2. The fourth-order valence-electron chi connectivity index (χ4n) is 2.96. The zero-order valence-electron chi connectivity index (χ0n) is 16.4. The molecule has 0 saturated carbocycles. The second-order valence-electron chi connectivity index (χ2n) is 6.71. The van der Waals surface area contributed by atoms with Crippen molar-refractivity contribution in [1.82, 2.24) is 5.32 Å². The number of hydrogen-bond donors (Lipinski definition) is 2. The Bertz CT molecular complexity index is 941. The molecule has 7 heteroatoms. The summed E-state index contributed by atoms with van der Waals surface area (Å²) in [5.74, 6) is 0.0606. The van der Waals surface area contributed by atoms with Crippen LogP contribution in [0.15, 0.2) is 61.2 Å². The number of benzene rings is 2. The van der Waals surface area contributed by atoms with Gasteiger partial charge in [0.2, 0.25) is 5.91 Å². The summed E-state index contributed by atoms with van der Waals surface area (Å²) in [4.78, 5) is 23.9. The minimum absolute atomic E-state index is 0.0657. The van der Waals surface area contributed by atoms with E-state index in [1.807, 2.05) is 24.3 Å². The molecule has 1 atom stereocenters. The lowest BCUT2D eigenvalue weighted by Gasteiger charge is -2.19. The second-order valence-corrected chi connectivity index (χ2v) is 7.15. The maximum absolute atomic E-state index is 12.3. The molecule has 0 bridgehead atoms. The van der Waals surface area contributed by atoms with Crippen LogP contribution in [0.1, 0.15) is 11.1 Å². The fourth-order valence-corrected chi connectivity index (χ4v) is 3.09. The third-order valence-electron chi connectivity index (χ3n) is 4.39. The number of nitrogens with one attached hydrogen (secondary N) is 2. The Morgan fingerprint density at radius 3 is 2.83 bits per heavy atom. The Hall–Kier alpha value is -3.09. The smallest absolute Gasteiger partial charge is 0.331 e. The van der Waals surface area contributed by atoms with Crippen LogP contribution in [0, 0.1) is 0 Å². The van der Waals surface area contributed by atoms with Gasteiger partial charge in [0.1, 0.15) is 18.5 Å². The molecule has 0 saturated heterocycles. The van der Waals surface area contributed by atoms with Crippen LogP contribution < -0.4 is 15.4 Å². The molecule has 2 aromatic carbocycles. The largest absolute Gasteiger partial charge is 0.489 e. The minimum Gasteiger partial charge on any atom is -0.489 e. The Morgan fingerprint density at radius 1 is 1.27 bits per heavy atom. The summed E-state index contributed by atoms with van der Waals surface area (Å²) >= 11 is 5.87. The SMILES string of the molecule is C=CCNCC(COc1cccc2c1CC(=O)N2)OC(=O)C=Cc1ccc(Cl)cc1. The standard InChI is InChI=1S/C23H23ClN2O4/c1-2-12-25-14-18(30-23(28)11-8-16-6-9-17(24)10-7-16)15-29-21-5-3-4-20-19(21)13-22(27)26-20/h2-11,18,25H,1,12-15H2,(H,26,27). The molecule has 3 rings (SSSR count). The molecule has 2 aromatic rings. The van der Waals surface area contributed by atoms with E-state index in [0.29, 0.717) is 23.9 Å². The molecule has 30 heavy (non-hydrogen) atoms. The van der Waals surface area contributed by atoms with Gasteiger partial charge >= 0.3 is 5.97 Å². The number of rotatable bonds is 10. The zero-order chi connectivity index (χ0) is 21.3. The van der Waals surface area contributed by atoms with Crippen molar-refractivity contribution in [2.24, 2.45) is 0 Å². The summed E-state index contributed by atoms with van der Waals surface area (Å²) in [6.45, 7) is 4.79. The number of carbonyl (C=O) groups is 2. The van der Waals surface area contributed by atoms with Gasteiger partial charge in [0.05, 0.1) is 6.42 Å². The van der Waals surface area contributed by atoms with Gasteiger partial charge in [-0.1, -0.05) is 35.9 Å². The Kier molecular flexibility index (Phi) is 7.65. The maximum Gasteiger partial charge on any atom is 0.331 e. The topological polar surface area (TPSA) is 76.7 Å².